The lowest BCUT2D eigenvalue weighted by Crippen LogP contribution is -2.58. The fraction of sp³-hybridized carbons (Fsp3) is 0.947. The van der Waals surface area contributed by atoms with Crippen LogP contribution < -0.4 is 0 Å². The Bertz CT molecular complexity index is 446. The lowest BCUT2D eigenvalue weighted by molar-refractivity contribution is -0.133. The molecule has 0 N–H and O–H groups in total. The molecule has 0 aromatic rings. The summed E-state index contributed by atoms with van der Waals surface area (Å²) >= 11 is 0. The SMILES string of the molecule is O=C1CCC2(CCCN(CC3CCOC3)C2)N1CCN1CCCC1. The molecule has 1 amide bonds. The number of ether oxygens (including phenoxy) is 1. The highest BCUT2D eigenvalue weighted by Crippen LogP contribution is 2.38. The molecule has 2 atom stereocenters. The first-order valence-corrected chi connectivity index (χ1v) is 10.1. The van der Waals surface area contributed by atoms with E-state index in [1.165, 1.54) is 51.7 Å². The monoisotopic (exact) mass is 335 g/mol. The number of nitrogens with zero attached hydrogens (tertiary/aromatic N) is 3. The standard InChI is InChI=1S/C19H33N3O2/c23-18-4-7-19(22(18)12-11-20-8-1-2-9-20)6-3-10-21(16-19)14-17-5-13-24-15-17/h17H,1-16H2. The van der Waals surface area contributed by atoms with Gasteiger partial charge in [-0.2, -0.15) is 0 Å². The molecule has 0 bridgehead atoms. The molecule has 4 saturated heterocycles. The van der Waals surface area contributed by atoms with E-state index in [9.17, 15) is 4.79 Å². The Labute approximate surface area is 146 Å². The van der Waals surface area contributed by atoms with Crippen molar-refractivity contribution < 1.29 is 9.53 Å². The van der Waals surface area contributed by atoms with Crippen molar-refractivity contribution in [3.8, 4) is 0 Å². The third-order valence-electron chi connectivity index (χ3n) is 6.69. The van der Waals surface area contributed by atoms with Crippen LogP contribution in [0.25, 0.3) is 0 Å². The molecule has 0 aliphatic carbocycles. The van der Waals surface area contributed by atoms with E-state index in [1.54, 1.807) is 0 Å². The van der Waals surface area contributed by atoms with Crippen molar-refractivity contribution in [2.45, 2.75) is 50.5 Å². The lowest BCUT2D eigenvalue weighted by Gasteiger charge is -2.46. The maximum atomic E-state index is 12.6. The first kappa shape index (κ1) is 16.8. The number of carbonyl (C=O) groups is 1. The second-order valence-corrected chi connectivity index (χ2v) is 8.39. The van der Waals surface area contributed by atoms with E-state index < -0.39 is 0 Å². The van der Waals surface area contributed by atoms with Crippen molar-refractivity contribution in [3.63, 3.8) is 0 Å². The fourth-order valence-corrected chi connectivity index (χ4v) is 5.36. The Morgan fingerprint density at radius 1 is 1.04 bits per heavy atom. The maximum absolute atomic E-state index is 12.6. The summed E-state index contributed by atoms with van der Waals surface area (Å²) in [6.07, 6.45) is 8.15. The average Bonchev–Trinajstić information content (AvgIpc) is 3.31. The summed E-state index contributed by atoms with van der Waals surface area (Å²) in [4.78, 5) is 20.0. The molecule has 4 aliphatic heterocycles. The van der Waals surface area contributed by atoms with Gasteiger partial charge in [-0.05, 0) is 64.1 Å². The Kier molecular flexibility index (Phi) is 5.11. The number of amides is 1. The van der Waals surface area contributed by atoms with Crippen molar-refractivity contribution in [2.75, 3.05) is 59.0 Å². The molecule has 0 aromatic carbocycles. The Morgan fingerprint density at radius 2 is 1.88 bits per heavy atom. The molecule has 0 aromatic heterocycles. The quantitative estimate of drug-likeness (QED) is 0.764. The van der Waals surface area contributed by atoms with E-state index in [4.69, 9.17) is 4.74 Å². The van der Waals surface area contributed by atoms with Gasteiger partial charge in [-0.3, -0.25) is 4.79 Å². The second kappa shape index (κ2) is 7.30. The van der Waals surface area contributed by atoms with Crippen molar-refractivity contribution >= 4 is 5.91 Å². The van der Waals surface area contributed by atoms with E-state index in [1.807, 2.05) is 0 Å². The molecule has 4 rings (SSSR count). The van der Waals surface area contributed by atoms with Crippen LogP contribution in [-0.2, 0) is 9.53 Å². The third kappa shape index (κ3) is 3.49. The molecule has 136 valence electrons. The highest BCUT2D eigenvalue weighted by molar-refractivity contribution is 5.79. The molecule has 5 heteroatoms. The average molecular weight is 335 g/mol. The number of hydrogen-bond donors (Lipinski definition) is 0. The largest absolute Gasteiger partial charge is 0.381 e. The van der Waals surface area contributed by atoms with Crippen LogP contribution in [0.5, 0.6) is 0 Å². The zero-order chi connectivity index (χ0) is 16.4. The Morgan fingerprint density at radius 3 is 2.67 bits per heavy atom. The molecule has 4 aliphatic rings. The minimum Gasteiger partial charge on any atom is -0.381 e. The van der Waals surface area contributed by atoms with Gasteiger partial charge in [-0.15, -0.1) is 0 Å². The highest BCUT2D eigenvalue weighted by atomic mass is 16.5. The molecule has 5 nitrogen and oxygen atoms in total. The summed E-state index contributed by atoms with van der Waals surface area (Å²) in [5.41, 5.74) is 0.133. The van der Waals surface area contributed by atoms with Gasteiger partial charge in [0, 0.05) is 39.2 Å². The van der Waals surface area contributed by atoms with Gasteiger partial charge in [-0.25, -0.2) is 0 Å². The van der Waals surface area contributed by atoms with Crippen LogP contribution >= 0.6 is 0 Å². The van der Waals surface area contributed by atoms with Crippen molar-refractivity contribution in [1.29, 1.82) is 0 Å². The van der Waals surface area contributed by atoms with Crippen LogP contribution in [0.4, 0.5) is 0 Å². The molecular formula is C19H33N3O2. The summed E-state index contributed by atoms with van der Waals surface area (Å²) in [6, 6.07) is 0. The first-order valence-electron chi connectivity index (χ1n) is 10.1. The number of hydrogen-bond acceptors (Lipinski definition) is 4. The summed E-state index contributed by atoms with van der Waals surface area (Å²) in [5.74, 6) is 1.11. The minimum absolute atomic E-state index is 0.133. The zero-order valence-corrected chi connectivity index (χ0v) is 15.0. The lowest BCUT2D eigenvalue weighted by atomic mass is 9.86. The molecule has 4 fully saturated rings. The van der Waals surface area contributed by atoms with E-state index in [0.29, 0.717) is 11.8 Å². The molecule has 24 heavy (non-hydrogen) atoms. The fourth-order valence-electron chi connectivity index (χ4n) is 5.36. The summed E-state index contributed by atoms with van der Waals surface area (Å²) in [7, 11) is 0. The van der Waals surface area contributed by atoms with Crippen LogP contribution in [0.1, 0.15) is 44.9 Å². The number of likely N-dealkylation sites (tertiary alicyclic amines) is 3. The van der Waals surface area contributed by atoms with E-state index in [2.05, 4.69) is 14.7 Å². The molecule has 0 saturated carbocycles. The molecule has 0 radical (unpaired) electrons. The van der Waals surface area contributed by atoms with Crippen LogP contribution in [0.2, 0.25) is 0 Å². The van der Waals surface area contributed by atoms with Gasteiger partial charge in [0.1, 0.15) is 0 Å². The van der Waals surface area contributed by atoms with Crippen molar-refractivity contribution in [2.24, 2.45) is 5.92 Å². The molecule has 2 unspecified atom stereocenters. The van der Waals surface area contributed by atoms with Crippen LogP contribution in [0.15, 0.2) is 0 Å². The maximum Gasteiger partial charge on any atom is 0.223 e. The molecular weight excluding hydrogens is 302 g/mol. The normalized spacial score (nSPS) is 35.6. The number of piperidine rings is 1. The van der Waals surface area contributed by atoms with Gasteiger partial charge in [0.15, 0.2) is 0 Å². The topological polar surface area (TPSA) is 36.0 Å². The first-order chi connectivity index (χ1) is 11.8. The van der Waals surface area contributed by atoms with E-state index >= 15 is 0 Å². The second-order valence-electron chi connectivity index (χ2n) is 8.39. The zero-order valence-electron chi connectivity index (χ0n) is 15.0. The van der Waals surface area contributed by atoms with Crippen molar-refractivity contribution in [1.82, 2.24) is 14.7 Å². The van der Waals surface area contributed by atoms with Crippen molar-refractivity contribution in [3.05, 3.63) is 0 Å². The van der Waals surface area contributed by atoms with Gasteiger partial charge < -0.3 is 19.4 Å². The van der Waals surface area contributed by atoms with E-state index in [0.717, 1.165) is 52.2 Å². The van der Waals surface area contributed by atoms with Crippen LogP contribution in [-0.4, -0.2) is 85.2 Å². The van der Waals surface area contributed by atoms with Crippen LogP contribution in [0, 0.1) is 5.92 Å². The van der Waals surface area contributed by atoms with E-state index in [-0.39, 0.29) is 5.54 Å². The summed E-state index contributed by atoms with van der Waals surface area (Å²) in [5, 5.41) is 0. The summed E-state index contributed by atoms with van der Waals surface area (Å²) in [6.45, 7) is 9.79. The number of carbonyl (C=O) groups excluding carboxylic acids is 1. The third-order valence-corrected chi connectivity index (χ3v) is 6.69. The summed E-state index contributed by atoms with van der Waals surface area (Å²) < 4.78 is 5.55. The van der Waals surface area contributed by atoms with Crippen LogP contribution in [0.3, 0.4) is 0 Å². The smallest absolute Gasteiger partial charge is 0.223 e. The Hall–Kier alpha value is -0.650. The van der Waals surface area contributed by atoms with Gasteiger partial charge in [0.05, 0.1) is 12.1 Å². The minimum atomic E-state index is 0.133. The van der Waals surface area contributed by atoms with Gasteiger partial charge >= 0.3 is 0 Å². The Balaban J connectivity index is 1.37. The molecule has 1 spiro atoms. The van der Waals surface area contributed by atoms with Gasteiger partial charge in [0.25, 0.3) is 0 Å². The predicted octanol–water partition coefficient (Wildman–Crippen LogP) is 1.58. The highest BCUT2D eigenvalue weighted by Gasteiger charge is 2.47. The predicted molar refractivity (Wildman–Crippen MR) is 94.0 cm³/mol. The van der Waals surface area contributed by atoms with Gasteiger partial charge in [0.2, 0.25) is 5.91 Å². The van der Waals surface area contributed by atoms with Gasteiger partial charge in [-0.1, -0.05) is 0 Å². The molecule has 4 heterocycles. The number of rotatable bonds is 5.